The highest BCUT2D eigenvalue weighted by molar-refractivity contribution is 7.99. The fraction of sp³-hybridized carbons (Fsp3) is 0.455. The molecule has 0 aliphatic heterocycles. The molecule has 0 aliphatic rings. The van der Waals surface area contributed by atoms with Gasteiger partial charge >= 0.3 is 11.9 Å². The first-order valence-electron chi connectivity index (χ1n) is 5.09. The first kappa shape index (κ1) is 13.6. The monoisotopic (exact) mass is 258 g/mol. The van der Waals surface area contributed by atoms with Crippen LogP contribution in [0.3, 0.4) is 0 Å². The molecule has 1 rings (SSSR count). The van der Waals surface area contributed by atoms with E-state index in [1.54, 1.807) is 6.07 Å². The molecular formula is C11H14O5S. The first-order chi connectivity index (χ1) is 8.10. The molecule has 0 bridgehead atoms. The van der Waals surface area contributed by atoms with Gasteiger partial charge in [0.05, 0.1) is 13.4 Å². The fourth-order valence-corrected chi connectivity index (χ4v) is 2.26. The van der Waals surface area contributed by atoms with Crippen LogP contribution >= 0.6 is 11.8 Å². The third kappa shape index (κ3) is 3.52. The van der Waals surface area contributed by atoms with Crippen molar-refractivity contribution in [2.75, 3.05) is 7.11 Å². The van der Waals surface area contributed by atoms with Crippen LogP contribution < -0.4 is 0 Å². The normalized spacial score (nSPS) is 12.1. The van der Waals surface area contributed by atoms with E-state index in [1.165, 1.54) is 25.1 Å². The largest absolute Gasteiger partial charge is 0.480 e. The number of carbonyl (C=O) groups excluding carboxylic acids is 1. The molecule has 1 atom stereocenters. The summed E-state index contributed by atoms with van der Waals surface area (Å²) in [5.41, 5.74) is 0.654. The summed E-state index contributed by atoms with van der Waals surface area (Å²) in [5.74, 6) is -0.846. The second-order valence-electron chi connectivity index (χ2n) is 3.31. The summed E-state index contributed by atoms with van der Waals surface area (Å²) >= 11 is 1.26. The first-order valence-corrected chi connectivity index (χ1v) is 6.14. The summed E-state index contributed by atoms with van der Waals surface area (Å²) < 4.78 is 9.57. The highest BCUT2D eigenvalue weighted by Gasteiger charge is 2.20. The smallest absolute Gasteiger partial charge is 0.374 e. The Morgan fingerprint density at radius 2 is 2.29 bits per heavy atom. The lowest BCUT2D eigenvalue weighted by Gasteiger charge is -2.08. The molecule has 6 heteroatoms. The zero-order valence-corrected chi connectivity index (χ0v) is 10.5. The summed E-state index contributed by atoms with van der Waals surface area (Å²) in [4.78, 5) is 22.1. The molecule has 1 aromatic heterocycles. The summed E-state index contributed by atoms with van der Waals surface area (Å²) in [6.45, 7) is 1.81. The molecule has 1 N–H and O–H groups in total. The molecule has 94 valence electrons. The number of hydrogen-bond donors (Lipinski definition) is 1. The average molecular weight is 258 g/mol. The van der Waals surface area contributed by atoms with Crippen molar-refractivity contribution in [2.45, 2.75) is 24.3 Å². The van der Waals surface area contributed by atoms with Crippen LogP contribution in [0.1, 0.15) is 29.5 Å². The number of ether oxygens (including phenoxy) is 1. The minimum absolute atomic E-state index is 0.139. The van der Waals surface area contributed by atoms with Crippen molar-refractivity contribution in [3.05, 3.63) is 23.7 Å². The topological polar surface area (TPSA) is 76.7 Å². The van der Waals surface area contributed by atoms with Gasteiger partial charge in [-0.05, 0) is 12.5 Å². The van der Waals surface area contributed by atoms with Gasteiger partial charge in [0.2, 0.25) is 5.76 Å². The summed E-state index contributed by atoms with van der Waals surface area (Å²) in [7, 11) is 1.27. The van der Waals surface area contributed by atoms with Gasteiger partial charge in [-0.3, -0.25) is 4.79 Å². The number of aliphatic carboxylic acids is 1. The zero-order valence-electron chi connectivity index (χ0n) is 9.63. The number of carbonyl (C=O) groups is 2. The van der Waals surface area contributed by atoms with Gasteiger partial charge in [0.15, 0.2) is 0 Å². The summed E-state index contributed by atoms with van der Waals surface area (Å²) in [5, 5.41) is 8.41. The molecule has 0 spiro atoms. The van der Waals surface area contributed by atoms with Crippen LogP contribution in [0.15, 0.2) is 16.7 Å². The van der Waals surface area contributed by atoms with E-state index in [1.807, 2.05) is 6.92 Å². The van der Waals surface area contributed by atoms with E-state index in [9.17, 15) is 9.59 Å². The number of rotatable bonds is 6. The van der Waals surface area contributed by atoms with Crippen molar-refractivity contribution < 1.29 is 23.8 Å². The molecule has 17 heavy (non-hydrogen) atoms. The van der Waals surface area contributed by atoms with Gasteiger partial charge < -0.3 is 14.3 Å². The van der Waals surface area contributed by atoms with Crippen molar-refractivity contribution in [3.8, 4) is 0 Å². The number of thioether (sulfide) groups is 1. The predicted molar refractivity (Wildman–Crippen MR) is 63.1 cm³/mol. The number of furan rings is 1. The number of carboxylic acids is 1. The third-order valence-electron chi connectivity index (χ3n) is 2.20. The molecule has 1 heterocycles. The van der Waals surface area contributed by atoms with Crippen LogP contribution in [0.4, 0.5) is 0 Å². The van der Waals surface area contributed by atoms with E-state index in [0.29, 0.717) is 17.7 Å². The fourth-order valence-electron chi connectivity index (χ4n) is 1.28. The molecule has 0 radical (unpaired) electrons. The Balaban J connectivity index is 2.66. The van der Waals surface area contributed by atoms with Crippen molar-refractivity contribution in [2.24, 2.45) is 0 Å². The lowest BCUT2D eigenvalue weighted by molar-refractivity contribution is -0.136. The van der Waals surface area contributed by atoms with E-state index in [2.05, 4.69) is 4.74 Å². The summed E-state index contributed by atoms with van der Waals surface area (Å²) in [6, 6.07) is 1.65. The molecule has 0 amide bonds. The van der Waals surface area contributed by atoms with Gasteiger partial charge in [-0.1, -0.05) is 6.92 Å². The second kappa shape index (κ2) is 6.34. The van der Waals surface area contributed by atoms with E-state index in [-0.39, 0.29) is 5.76 Å². The number of hydrogen-bond acceptors (Lipinski definition) is 5. The SMILES string of the molecule is CCC(SCc1ccoc1C(=O)OC)C(=O)O. The number of carboxylic acid groups (broad SMARTS) is 1. The Labute approximate surface area is 103 Å². The molecule has 0 fully saturated rings. The quantitative estimate of drug-likeness (QED) is 0.788. The van der Waals surface area contributed by atoms with Crippen molar-refractivity contribution in [1.82, 2.24) is 0 Å². The highest BCUT2D eigenvalue weighted by atomic mass is 32.2. The molecular weight excluding hydrogens is 244 g/mol. The maximum Gasteiger partial charge on any atom is 0.374 e. The van der Waals surface area contributed by atoms with Crippen LogP contribution in [0.5, 0.6) is 0 Å². The predicted octanol–water partition coefficient (Wildman–Crippen LogP) is 2.16. The number of methoxy groups -OCH3 is 1. The summed E-state index contributed by atoms with van der Waals surface area (Å²) in [6.07, 6.45) is 1.93. The molecule has 1 unspecified atom stereocenters. The van der Waals surface area contributed by atoms with E-state index >= 15 is 0 Å². The van der Waals surface area contributed by atoms with Crippen molar-refractivity contribution in [1.29, 1.82) is 0 Å². The average Bonchev–Trinajstić information content (AvgIpc) is 2.76. The van der Waals surface area contributed by atoms with Gasteiger partial charge in [0, 0.05) is 11.3 Å². The maximum absolute atomic E-state index is 11.3. The van der Waals surface area contributed by atoms with Gasteiger partial charge in [0.1, 0.15) is 5.25 Å². The van der Waals surface area contributed by atoms with Gasteiger partial charge in [-0.25, -0.2) is 4.79 Å². The van der Waals surface area contributed by atoms with Crippen LogP contribution in [0.25, 0.3) is 0 Å². The minimum Gasteiger partial charge on any atom is -0.480 e. The molecule has 0 aromatic carbocycles. The lowest BCUT2D eigenvalue weighted by atomic mass is 10.3. The van der Waals surface area contributed by atoms with Crippen molar-refractivity contribution in [3.63, 3.8) is 0 Å². The van der Waals surface area contributed by atoms with Crippen LogP contribution in [0, 0.1) is 0 Å². The Hall–Kier alpha value is -1.43. The second-order valence-corrected chi connectivity index (χ2v) is 4.50. The maximum atomic E-state index is 11.3. The van der Waals surface area contributed by atoms with Crippen LogP contribution in [-0.2, 0) is 15.3 Å². The van der Waals surface area contributed by atoms with E-state index in [4.69, 9.17) is 9.52 Å². The molecule has 0 saturated carbocycles. The third-order valence-corrected chi connectivity index (χ3v) is 3.62. The standard InChI is InChI=1S/C11H14O5S/c1-3-8(10(12)13)17-6-7-4-5-16-9(7)11(14)15-2/h4-5,8H,3,6H2,1-2H3,(H,12,13). The Morgan fingerprint density at radius 3 is 2.82 bits per heavy atom. The van der Waals surface area contributed by atoms with Gasteiger partial charge in [-0.2, -0.15) is 0 Å². The van der Waals surface area contributed by atoms with Gasteiger partial charge in [-0.15, -0.1) is 11.8 Å². The lowest BCUT2D eigenvalue weighted by Crippen LogP contribution is -2.15. The molecule has 0 saturated heterocycles. The Kier molecular flexibility index (Phi) is 5.09. The molecule has 1 aromatic rings. The van der Waals surface area contributed by atoms with E-state index in [0.717, 1.165) is 0 Å². The molecule has 5 nitrogen and oxygen atoms in total. The highest BCUT2D eigenvalue weighted by Crippen LogP contribution is 2.23. The number of esters is 1. The minimum atomic E-state index is -0.847. The van der Waals surface area contributed by atoms with Crippen LogP contribution in [-0.4, -0.2) is 29.4 Å². The van der Waals surface area contributed by atoms with Crippen molar-refractivity contribution >= 4 is 23.7 Å². The molecule has 0 aliphatic carbocycles. The zero-order chi connectivity index (χ0) is 12.8. The Bertz CT molecular complexity index is 398. The Morgan fingerprint density at radius 1 is 1.59 bits per heavy atom. The van der Waals surface area contributed by atoms with Crippen LogP contribution in [0.2, 0.25) is 0 Å². The van der Waals surface area contributed by atoms with E-state index < -0.39 is 17.2 Å². The van der Waals surface area contributed by atoms with Gasteiger partial charge in [0.25, 0.3) is 0 Å².